The zero-order valence-electron chi connectivity index (χ0n) is 35.0. The molecule has 2 aliphatic heterocycles. The van der Waals surface area contributed by atoms with Gasteiger partial charge >= 0.3 is 6.09 Å². The average Bonchev–Trinajstić information content (AvgIpc) is 4.08. The fraction of sp³-hybridized carbons (Fsp3) is 0.565. The van der Waals surface area contributed by atoms with Crippen LogP contribution >= 0.6 is 0 Å². The minimum atomic E-state index is -1.41. The van der Waals surface area contributed by atoms with Crippen LogP contribution in [0.1, 0.15) is 81.8 Å². The van der Waals surface area contributed by atoms with Crippen molar-refractivity contribution in [3.05, 3.63) is 101 Å². The zero-order valence-corrected chi connectivity index (χ0v) is 35.0. The molecule has 0 bridgehead atoms. The molecule has 14 heteroatoms. The number of aliphatic hydroxyl groups excluding tert-OH is 2. The molecular weight excluding hydrogens is 769 g/mol. The summed E-state index contributed by atoms with van der Waals surface area (Å²) in [6.45, 7) is 14.3. The number of allylic oxidation sites excluding steroid dienone is 1. The van der Waals surface area contributed by atoms with E-state index in [1.54, 1.807) is 29.2 Å². The molecule has 0 radical (unpaired) electrons. The van der Waals surface area contributed by atoms with Crippen LogP contribution in [0.15, 0.2) is 84.6 Å². The van der Waals surface area contributed by atoms with Crippen molar-refractivity contribution in [1.29, 1.82) is 0 Å². The molecule has 2 aromatic rings. The van der Waals surface area contributed by atoms with Crippen molar-refractivity contribution in [2.45, 2.75) is 89.1 Å². The van der Waals surface area contributed by atoms with Crippen molar-refractivity contribution < 1.29 is 43.7 Å². The molecule has 1 amide bonds. The second-order valence-corrected chi connectivity index (χ2v) is 16.0. The maximum absolute atomic E-state index is 14.2. The lowest BCUT2D eigenvalue weighted by Crippen LogP contribution is -2.70. The number of nitrogens with zero attached hydrogens (tertiary/aromatic N) is 4. The van der Waals surface area contributed by atoms with E-state index in [1.807, 2.05) is 19.1 Å². The van der Waals surface area contributed by atoms with Gasteiger partial charge in [-0.25, -0.2) is 4.79 Å². The molecule has 14 nitrogen and oxygen atoms in total. The summed E-state index contributed by atoms with van der Waals surface area (Å²) in [7, 11) is 0. The van der Waals surface area contributed by atoms with Crippen LogP contribution in [0.4, 0.5) is 10.5 Å². The molecule has 1 saturated heterocycles. The number of amides is 1. The molecule has 0 unspecified atom stereocenters. The summed E-state index contributed by atoms with van der Waals surface area (Å²) in [5.74, 6) is -0.569. The predicted molar refractivity (Wildman–Crippen MR) is 228 cm³/mol. The number of oxime groups is 1. The Bertz CT molecular complexity index is 1830. The predicted octanol–water partition coefficient (Wildman–Crippen LogP) is 7.55. The first-order chi connectivity index (χ1) is 29.3. The Morgan fingerprint density at radius 3 is 2.52 bits per heavy atom. The summed E-state index contributed by atoms with van der Waals surface area (Å²) < 4.78 is 26.5. The Balaban J connectivity index is 1.52. The first-order valence-corrected chi connectivity index (χ1v) is 21.6. The summed E-state index contributed by atoms with van der Waals surface area (Å²) >= 11 is 0. The van der Waals surface area contributed by atoms with Crippen molar-refractivity contribution in [3.63, 3.8) is 0 Å². The lowest BCUT2D eigenvalue weighted by molar-refractivity contribution is -0.384. The molecule has 2 aromatic carbocycles. The monoisotopic (exact) mass is 830 g/mol. The molecular formula is C46H62N4O10. The molecule has 60 heavy (non-hydrogen) atoms. The standard InChI is InChI=1S/C46H62N4O10/c1-4-7-27-57-45(53)49(20-5-2)42-31-40(47-59-32-33-14-16-35(17-15-33)50(54)55)38-29-34(12-8-10-24-51)37(13-9-11-25-52)43-39-30-36(56-28-23-48-21-22-48)18-19-41(39)60-46(42,44(38)43)58-26-6-3/h4,6,14-19,29-30,34,37,42-44,51-52H,1,3,5,7-13,20-28,31-32H2,2H3/t34-,37+,42-,43+,44+,46+/m0/s1. The van der Waals surface area contributed by atoms with Crippen molar-refractivity contribution in [2.24, 2.45) is 22.9 Å². The van der Waals surface area contributed by atoms with Crippen LogP contribution in [-0.4, -0.2) is 108 Å². The summed E-state index contributed by atoms with van der Waals surface area (Å²) in [6.07, 6.45) is 11.1. The van der Waals surface area contributed by atoms with Gasteiger partial charge in [0.1, 0.15) is 30.8 Å². The van der Waals surface area contributed by atoms with Crippen LogP contribution in [0.3, 0.4) is 0 Å². The maximum atomic E-state index is 14.2. The SMILES string of the molecule is C=CCCOC(=O)N(CCC)[C@H]1CC(=NOCc2ccc([N+](=O)[O-])cc2)C2=C[C@H](CCCCO)[C@@H](CCCCO)[C@@H]3c4cc(OCCN5CC5)ccc4O[C@@]1(OCC=C)[C@H]23. The fourth-order valence-corrected chi connectivity index (χ4v) is 9.15. The minimum absolute atomic E-state index is 0.0157. The van der Waals surface area contributed by atoms with E-state index < -0.39 is 28.8 Å². The number of nitro benzene ring substituents is 1. The van der Waals surface area contributed by atoms with Gasteiger partial charge < -0.3 is 34.0 Å². The third kappa shape index (κ3) is 10.6. The Kier molecular flexibility index (Phi) is 16.2. The van der Waals surface area contributed by atoms with Gasteiger partial charge in [0.05, 0.1) is 29.8 Å². The quantitative estimate of drug-likeness (QED) is 0.0334. The van der Waals surface area contributed by atoms with Gasteiger partial charge in [0.25, 0.3) is 5.69 Å². The summed E-state index contributed by atoms with van der Waals surface area (Å²) in [5.41, 5.74) is 3.23. The van der Waals surface area contributed by atoms with E-state index in [0.717, 1.165) is 62.2 Å². The molecule has 1 saturated carbocycles. The lowest BCUT2D eigenvalue weighted by Gasteiger charge is -2.59. The summed E-state index contributed by atoms with van der Waals surface area (Å²) in [4.78, 5) is 35.3. The van der Waals surface area contributed by atoms with Gasteiger partial charge in [-0.1, -0.05) is 43.1 Å². The van der Waals surface area contributed by atoms with E-state index in [0.29, 0.717) is 55.9 Å². The maximum Gasteiger partial charge on any atom is 0.410 e. The van der Waals surface area contributed by atoms with Crippen LogP contribution in [0.5, 0.6) is 11.5 Å². The number of non-ortho nitro benzene ring substituents is 1. The van der Waals surface area contributed by atoms with Crippen molar-refractivity contribution in [2.75, 3.05) is 59.2 Å². The van der Waals surface area contributed by atoms with Crippen LogP contribution in [-0.2, 0) is 20.9 Å². The number of hydrogen-bond acceptors (Lipinski definition) is 12. The topological polar surface area (TPSA) is 165 Å². The molecule has 2 heterocycles. The number of benzene rings is 2. The van der Waals surface area contributed by atoms with Gasteiger partial charge in [0.15, 0.2) is 0 Å². The number of hydrogen-bond donors (Lipinski definition) is 2. The average molecular weight is 831 g/mol. The highest BCUT2D eigenvalue weighted by molar-refractivity contribution is 6.03. The summed E-state index contributed by atoms with van der Waals surface area (Å²) in [6, 6.07) is 11.5. The zero-order chi connectivity index (χ0) is 42.5. The van der Waals surface area contributed by atoms with Crippen molar-refractivity contribution in [3.8, 4) is 11.5 Å². The Hall–Kier alpha value is -4.76. The molecule has 2 N–H and O–H groups in total. The Morgan fingerprint density at radius 1 is 1.07 bits per heavy atom. The fourth-order valence-electron chi connectivity index (χ4n) is 9.15. The van der Waals surface area contributed by atoms with E-state index in [4.69, 9.17) is 28.9 Å². The van der Waals surface area contributed by atoms with Crippen LogP contribution in [0.25, 0.3) is 0 Å². The van der Waals surface area contributed by atoms with Crippen LogP contribution < -0.4 is 9.47 Å². The van der Waals surface area contributed by atoms with E-state index in [9.17, 15) is 25.1 Å². The number of nitro groups is 1. The molecule has 6 rings (SSSR count). The van der Waals surface area contributed by atoms with Gasteiger partial charge in [-0.15, -0.1) is 13.2 Å². The number of carbonyl (C=O) groups excluding carboxylic acids is 1. The van der Waals surface area contributed by atoms with Crippen molar-refractivity contribution in [1.82, 2.24) is 9.80 Å². The number of aliphatic hydroxyl groups is 2. The number of unbranched alkanes of at least 4 members (excludes halogenated alkanes) is 2. The molecule has 326 valence electrons. The number of carbonyl (C=O) groups is 1. The molecule has 0 spiro atoms. The van der Waals surface area contributed by atoms with E-state index in [1.165, 1.54) is 12.1 Å². The third-order valence-electron chi connectivity index (χ3n) is 12.0. The van der Waals surface area contributed by atoms with E-state index in [-0.39, 0.29) is 62.9 Å². The highest BCUT2D eigenvalue weighted by Crippen LogP contribution is 2.62. The van der Waals surface area contributed by atoms with Gasteiger partial charge in [0, 0.05) is 69.4 Å². The first kappa shape index (κ1) is 44.8. The Morgan fingerprint density at radius 2 is 1.83 bits per heavy atom. The van der Waals surface area contributed by atoms with E-state index >= 15 is 0 Å². The van der Waals surface area contributed by atoms with Crippen LogP contribution in [0, 0.1) is 27.9 Å². The molecule has 2 fully saturated rings. The van der Waals surface area contributed by atoms with Gasteiger partial charge in [-0.2, -0.15) is 0 Å². The first-order valence-electron chi connectivity index (χ1n) is 21.6. The molecule has 0 aromatic heterocycles. The second-order valence-electron chi connectivity index (χ2n) is 16.0. The van der Waals surface area contributed by atoms with Gasteiger partial charge in [-0.05, 0) is 91.8 Å². The highest BCUT2D eigenvalue weighted by Gasteiger charge is 2.65. The van der Waals surface area contributed by atoms with Gasteiger partial charge in [-0.3, -0.25) is 19.9 Å². The second kappa shape index (κ2) is 21.7. The number of ether oxygens (including phenoxy) is 4. The van der Waals surface area contributed by atoms with Gasteiger partial charge in [0.2, 0.25) is 5.79 Å². The largest absolute Gasteiger partial charge is 0.492 e. The molecule has 4 aliphatic rings. The van der Waals surface area contributed by atoms with Crippen LogP contribution in [0.2, 0.25) is 0 Å². The third-order valence-corrected chi connectivity index (χ3v) is 12.0. The lowest BCUT2D eigenvalue weighted by atomic mass is 9.55. The highest BCUT2D eigenvalue weighted by atomic mass is 16.7. The van der Waals surface area contributed by atoms with E-state index in [2.05, 4.69) is 30.2 Å². The molecule has 2 aliphatic carbocycles. The normalized spacial score (nSPS) is 24.6. The van der Waals surface area contributed by atoms with Crippen molar-refractivity contribution >= 4 is 17.5 Å². The smallest absolute Gasteiger partial charge is 0.410 e. The summed E-state index contributed by atoms with van der Waals surface area (Å²) in [5, 5.41) is 36.0. The molecule has 6 atom stereocenters. The minimum Gasteiger partial charge on any atom is -0.492 e. The number of fused-ring (bicyclic) bond motifs is 2. The number of rotatable bonds is 25. The Labute approximate surface area is 353 Å².